The van der Waals surface area contributed by atoms with E-state index in [2.05, 4.69) is 37.5 Å². The zero-order valence-electron chi connectivity index (χ0n) is 15.8. The predicted molar refractivity (Wildman–Crippen MR) is 111 cm³/mol. The van der Waals surface area contributed by atoms with Crippen LogP contribution in [0.15, 0.2) is 51.5 Å². The molecule has 1 N–H and O–H groups in total. The van der Waals surface area contributed by atoms with E-state index in [4.69, 9.17) is 4.52 Å². The molecule has 0 saturated carbocycles. The van der Waals surface area contributed by atoms with Crippen molar-refractivity contribution in [1.82, 2.24) is 15.0 Å². The highest BCUT2D eigenvalue weighted by atomic mass is 79.9. The number of anilines is 1. The molecule has 2 heterocycles. The zero-order valence-corrected chi connectivity index (χ0v) is 17.4. The lowest BCUT2D eigenvalue weighted by Crippen LogP contribution is -2.34. The smallest absolute Gasteiger partial charge is 0.322 e. The summed E-state index contributed by atoms with van der Waals surface area (Å²) >= 11 is 3.42. The topological polar surface area (TPSA) is 71.3 Å². The third-order valence-electron chi connectivity index (χ3n) is 4.97. The van der Waals surface area contributed by atoms with E-state index in [1.165, 1.54) is 5.56 Å². The van der Waals surface area contributed by atoms with Crippen LogP contribution in [0.5, 0.6) is 0 Å². The Hall–Kier alpha value is -2.67. The van der Waals surface area contributed by atoms with Crippen molar-refractivity contribution in [3.8, 4) is 11.4 Å². The summed E-state index contributed by atoms with van der Waals surface area (Å²) in [5.41, 5.74) is 3.91. The number of aromatic nitrogens is 2. The number of hydrogen-bond acceptors (Lipinski definition) is 4. The molecule has 1 aliphatic heterocycles. The van der Waals surface area contributed by atoms with Crippen LogP contribution >= 0.6 is 15.9 Å². The fourth-order valence-electron chi connectivity index (χ4n) is 3.49. The third kappa shape index (κ3) is 3.80. The summed E-state index contributed by atoms with van der Waals surface area (Å²) in [7, 11) is 0. The largest absolute Gasteiger partial charge is 0.337 e. The molecule has 2 amide bonds. The van der Waals surface area contributed by atoms with Crippen LogP contribution in [0.25, 0.3) is 11.4 Å². The lowest BCUT2D eigenvalue weighted by Gasteiger charge is -2.22. The van der Waals surface area contributed by atoms with Crippen LogP contribution in [-0.2, 0) is 0 Å². The third-order valence-corrected chi connectivity index (χ3v) is 5.50. The first-order valence-electron chi connectivity index (χ1n) is 9.25. The van der Waals surface area contributed by atoms with Gasteiger partial charge in [-0.25, -0.2) is 4.79 Å². The molecule has 7 heteroatoms. The van der Waals surface area contributed by atoms with Crippen LogP contribution in [0.4, 0.5) is 10.5 Å². The molecule has 1 atom stereocenters. The van der Waals surface area contributed by atoms with Gasteiger partial charge in [0.1, 0.15) is 6.04 Å². The normalized spacial score (nSPS) is 16.4. The molecule has 2 aromatic carbocycles. The molecule has 6 nitrogen and oxygen atoms in total. The van der Waals surface area contributed by atoms with Gasteiger partial charge in [-0.05, 0) is 62.6 Å². The van der Waals surface area contributed by atoms with Crippen molar-refractivity contribution < 1.29 is 9.32 Å². The molecule has 1 aliphatic rings. The number of urea groups is 1. The van der Waals surface area contributed by atoms with Gasteiger partial charge in [-0.2, -0.15) is 4.98 Å². The molecule has 1 fully saturated rings. The Morgan fingerprint density at radius 1 is 1.21 bits per heavy atom. The maximum absolute atomic E-state index is 12.9. The van der Waals surface area contributed by atoms with Crippen molar-refractivity contribution in [1.29, 1.82) is 0 Å². The molecule has 0 spiro atoms. The summed E-state index contributed by atoms with van der Waals surface area (Å²) in [5, 5.41) is 7.12. The Balaban J connectivity index is 1.52. The van der Waals surface area contributed by atoms with E-state index in [0.717, 1.165) is 34.1 Å². The summed E-state index contributed by atoms with van der Waals surface area (Å²) in [5.74, 6) is 1.01. The summed E-state index contributed by atoms with van der Waals surface area (Å²) in [6.07, 6.45) is 1.71. The van der Waals surface area contributed by atoms with Crippen LogP contribution in [0.1, 0.15) is 35.9 Å². The minimum atomic E-state index is -0.206. The standard InChI is InChI=1S/C21H21BrN4O2/c1-13-5-10-17(14(2)12-13)23-21(27)26-11-3-4-18(26)20-24-19(25-28-20)15-6-8-16(22)9-7-15/h5-10,12,18H,3-4,11H2,1-2H3,(H,23,27). The lowest BCUT2D eigenvalue weighted by atomic mass is 10.1. The van der Waals surface area contributed by atoms with E-state index in [1.807, 2.05) is 50.2 Å². The molecule has 1 aromatic heterocycles. The van der Waals surface area contributed by atoms with Gasteiger partial charge in [0, 0.05) is 22.3 Å². The van der Waals surface area contributed by atoms with Crippen LogP contribution in [-0.4, -0.2) is 27.6 Å². The zero-order chi connectivity index (χ0) is 19.7. The first kappa shape index (κ1) is 18.7. The number of amides is 2. The molecule has 0 aliphatic carbocycles. The first-order chi connectivity index (χ1) is 13.5. The molecule has 3 aromatic rings. The van der Waals surface area contributed by atoms with Gasteiger partial charge < -0.3 is 14.7 Å². The molecular weight excluding hydrogens is 420 g/mol. The number of nitrogens with one attached hydrogen (secondary N) is 1. The molecule has 144 valence electrons. The van der Waals surface area contributed by atoms with Gasteiger partial charge in [0.2, 0.25) is 11.7 Å². The van der Waals surface area contributed by atoms with Crippen molar-refractivity contribution >= 4 is 27.6 Å². The molecule has 1 unspecified atom stereocenters. The Kier molecular flexibility index (Phi) is 5.17. The molecular formula is C21H21BrN4O2. The molecule has 4 rings (SSSR count). The van der Waals surface area contributed by atoms with Crippen LogP contribution in [0.3, 0.4) is 0 Å². The lowest BCUT2D eigenvalue weighted by molar-refractivity contribution is 0.193. The van der Waals surface area contributed by atoms with Crippen molar-refractivity contribution in [3.63, 3.8) is 0 Å². The number of nitrogens with zero attached hydrogens (tertiary/aromatic N) is 3. The summed E-state index contributed by atoms with van der Waals surface area (Å²) in [6.45, 7) is 4.69. The fourth-order valence-corrected chi connectivity index (χ4v) is 3.76. The Bertz CT molecular complexity index is 1000. The van der Waals surface area contributed by atoms with Crippen molar-refractivity contribution in [2.45, 2.75) is 32.7 Å². The first-order valence-corrected chi connectivity index (χ1v) is 10.0. The quantitative estimate of drug-likeness (QED) is 0.584. The van der Waals surface area contributed by atoms with Gasteiger partial charge in [-0.15, -0.1) is 0 Å². The van der Waals surface area contributed by atoms with E-state index in [0.29, 0.717) is 18.3 Å². The van der Waals surface area contributed by atoms with Crippen molar-refractivity contribution in [3.05, 3.63) is 64.0 Å². The number of carbonyl (C=O) groups excluding carboxylic acids is 1. The maximum atomic E-state index is 12.9. The van der Waals surface area contributed by atoms with Crippen LogP contribution < -0.4 is 5.32 Å². The highest BCUT2D eigenvalue weighted by Gasteiger charge is 2.34. The van der Waals surface area contributed by atoms with Gasteiger partial charge in [-0.3, -0.25) is 0 Å². The minimum Gasteiger partial charge on any atom is -0.337 e. The van der Waals surface area contributed by atoms with Crippen molar-refractivity contribution in [2.24, 2.45) is 0 Å². The molecule has 0 bridgehead atoms. The molecule has 0 radical (unpaired) electrons. The number of carbonyl (C=O) groups is 1. The summed E-state index contributed by atoms with van der Waals surface area (Å²) in [4.78, 5) is 19.2. The molecule has 28 heavy (non-hydrogen) atoms. The number of likely N-dealkylation sites (tertiary alicyclic amines) is 1. The Morgan fingerprint density at radius 3 is 2.75 bits per heavy atom. The average molecular weight is 441 g/mol. The Morgan fingerprint density at radius 2 is 2.00 bits per heavy atom. The van der Waals surface area contributed by atoms with E-state index in [-0.39, 0.29) is 12.1 Å². The van der Waals surface area contributed by atoms with E-state index < -0.39 is 0 Å². The second-order valence-electron chi connectivity index (χ2n) is 7.06. The number of rotatable bonds is 3. The number of benzene rings is 2. The Labute approximate surface area is 172 Å². The van der Waals surface area contributed by atoms with Gasteiger partial charge in [0.25, 0.3) is 0 Å². The van der Waals surface area contributed by atoms with Gasteiger partial charge in [-0.1, -0.05) is 38.8 Å². The molecule has 1 saturated heterocycles. The second-order valence-corrected chi connectivity index (χ2v) is 7.98. The minimum absolute atomic E-state index is 0.141. The van der Waals surface area contributed by atoms with E-state index in [1.54, 1.807) is 4.90 Å². The predicted octanol–water partition coefficient (Wildman–Crippen LogP) is 5.48. The number of halogens is 1. The van der Waals surface area contributed by atoms with Gasteiger partial charge in [0.05, 0.1) is 0 Å². The van der Waals surface area contributed by atoms with Crippen LogP contribution in [0, 0.1) is 13.8 Å². The number of aryl methyl sites for hydroxylation is 2. The van der Waals surface area contributed by atoms with Crippen LogP contribution in [0.2, 0.25) is 0 Å². The second kappa shape index (κ2) is 7.75. The monoisotopic (exact) mass is 440 g/mol. The summed E-state index contributed by atoms with van der Waals surface area (Å²) in [6, 6.07) is 13.4. The van der Waals surface area contributed by atoms with Gasteiger partial charge >= 0.3 is 6.03 Å². The van der Waals surface area contributed by atoms with Crippen molar-refractivity contribution in [2.75, 3.05) is 11.9 Å². The SMILES string of the molecule is Cc1ccc(NC(=O)N2CCCC2c2nc(-c3ccc(Br)cc3)no2)c(C)c1. The highest BCUT2D eigenvalue weighted by Crippen LogP contribution is 2.33. The highest BCUT2D eigenvalue weighted by molar-refractivity contribution is 9.10. The van der Waals surface area contributed by atoms with E-state index >= 15 is 0 Å². The maximum Gasteiger partial charge on any atom is 0.322 e. The fraction of sp³-hybridized carbons (Fsp3) is 0.286. The summed E-state index contributed by atoms with van der Waals surface area (Å²) < 4.78 is 6.50. The average Bonchev–Trinajstić information content (AvgIpc) is 3.33. The number of hydrogen-bond donors (Lipinski definition) is 1. The van der Waals surface area contributed by atoms with E-state index in [9.17, 15) is 4.79 Å². The van der Waals surface area contributed by atoms with Gasteiger partial charge in [0.15, 0.2) is 0 Å².